The molecule has 2 rings (SSSR count). The van der Waals surface area contributed by atoms with Crippen LogP contribution in [-0.2, 0) is 16.1 Å². The van der Waals surface area contributed by atoms with Crippen LogP contribution in [0.25, 0.3) is 0 Å². The predicted octanol–water partition coefficient (Wildman–Crippen LogP) is 2.45. The Morgan fingerprint density at radius 2 is 2.04 bits per heavy atom. The molecule has 0 radical (unpaired) electrons. The number of amides is 2. The van der Waals surface area contributed by atoms with Crippen LogP contribution in [0.3, 0.4) is 0 Å². The van der Waals surface area contributed by atoms with E-state index in [0.29, 0.717) is 25.9 Å². The van der Waals surface area contributed by atoms with E-state index in [1.165, 1.54) is 0 Å². The molecule has 2 heterocycles. The molecule has 0 saturated carbocycles. The number of aryl methyl sites for hydroxylation is 2. The highest BCUT2D eigenvalue weighted by atomic mass is 16.2. The molecule has 126 valence electrons. The van der Waals surface area contributed by atoms with Gasteiger partial charge in [-0.25, -0.2) is 0 Å². The summed E-state index contributed by atoms with van der Waals surface area (Å²) in [6, 6.07) is 4.03. The third-order valence-corrected chi connectivity index (χ3v) is 4.24. The van der Waals surface area contributed by atoms with Gasteiger partial charge in [0.25, 0.3) is 0 Å². The minimum Gasteiger partial charge on any atom is -0.342 e. The molecule has 0 atom stereocenters. The first-order valence-electron chi connectivity index (χ1n) is 8.41. The van der Waals surface area contributed by atoms with Gasteiger partial charge in [0, 0.05) is 38.7 Å². The molecule has 5 heteroatoms. The lowest BCUT2D eigenvalue weighted by Gasteiger charge is -2.22. The highest BCUT2D eigenvalue weighted by Crippen LogP contribution is 2.12. The first-order valence-corrected chi connectivity index (χ1v) is 8.41. The summed E-state index contributed by atoms with van der Waals surface area (Å²) in [4.78, 5) is 32.3. The molecule has 0 aliphatic carbocycles. The zero-order valence-corrected chi connectivity index (χ0v) is 14.5. The van der Waals surface area contributed by atoms with Gasteiger partial charge >= 0.3 is 0 Å². The van der Waals surface area contributed by atoms with E-state index in [1.54, 1.807) is 11.9 Å². The topological polar surface area (TPSA) is 53.5 Å². The number of rotatable bonds is 5. The van der Waals surface area contributed by atoms with Crippen LogP contribution in [0.2, 0.25) is 0 Å². The molecule has 0 N–H and O–H groups in total. The van der Waals surface area contributed by atoms with E-state index in [0.717, 1.165) is 42.8 Å². The van der Waals surface area contributed by atoms with E-state index in [4.69, 9.17) is 0 Å². The zero-order chi connectivity index (χ0) is 16.8. The first kappa shape index (κ1) is 17.4. The summed E-state index contributed by atoms with van der Waals surface area (Å²) in [5.41, 5.74) is 3.03. The fourth-order valence-corrected chi connectivity index (χ4v) is 3.03. The van der Waals surface area contributed by atoms with Crippen molar-refractivity contribution >= 4 is 11.8 Å². The quantitative estimate of drug-likeness (QED) is 0.838. The number of aromatic nitrogens is 1. The Hall–Kier alpha value is -1.91. The number of hydrogen-bond donors (Lipinski definition) is 0. The van der Waals surface area contributed by atoms with Crippen LogP contribution < -0.4 is 0 Å². The zero-order valence-electron chi connectivity index (χ0n) is 14.5. The molecule has 1 aromatic rings. The number of pyridine rings is 1. The standard InChI is InChI=1S/C18H27N3O2/c1-14-11-15(2)19-16(12-14)13-20(3)17(22)8-10-21-9-6-4-5-7-18(21)23/h11-12H,4-10,13H2,1-3H3. The molecule has 1 aromatic heterocycles. The second-order valence-corrected chi connectivity index (χ2v) is 6.47. The molecular weight excluding hydrogens is 290 g/mol. The summed E-state index contributed by atoms with van der Waals surface area (Å²) in [6.45, 7) is 5.82. The molecule has 23 heavy (non-hydrogen) atoms. The lowest BCUT2D eigenvalue weighted by Crippen LogP contribution is -2.35. The Morgan fingerprint density at radius 1 is 1.26 bits per heavy atom. The van der Waals surface area contributed by atoms with Gasteiger partial charge in [0.05, 0.1) is 12.2 Å². The second-order valence-electron chi connectivity index (χ2n) is 6.47. The maximum absolute atomic E-state index is 12.3. The van der Waals surface area contributed by atoms with Gasteiger partial charge < -0.3 is 9.80 Å². The van der Waals surface area contributed by atoms with Crippen molar-refractivity contribution in [3.8, 4) is 0 Å². The molecule has 0 unspecified atom stereocenters. The van der Waals surface area contributed by atoms with Crippen LogP contribution in [0.15, 0.2) is 12.1 Å². The van der Waals surface area contributed by atoms with Crippen molar-refractivity contribution in [1.29, 1.82) is 0 Å². The third-order valence-electron chi connectivity index (χ3n) is 4.24. The average molecular weight is 317 g/mol. The minimum atomic E-state index is 0.0583. The molecule has 0 spiro atoms. The van der Waals surface area contributed by atoms with Gasteiger partial charge in [-0.05, 0) is 44.4 Å². The van der Waals surface area contributed by atoms with E-state index in [-0.39, 0.29) is 11.8 Å². The third kappa shape index (κ3) is 5.34. The Balaban J connectivity index is 1.85. The summed E-state index contributed by atoms with van der Waals surface area (Å²) in [5, 5.41) is 0. The average Bonchev–Trinajstić information content (AvgIpc) is 2.68. The number of likely N-dealkylation sites (tertiary alicyclic amines) is 1. The van der Waals surface area contributed by atoms with Crippen molar-refractivity contribution in [3.05, 3.63) is 29.1 Å². The van der Waals surface area contributed by atoms with Gasteiger partial charge in [-0.2, -0.15) is 0 Å². The van der Waals surface area contributed by atoms with Crippen molar-refractivity contribution in [2.75, 3.05) is 20.1 Å². The summed E-state index contributed by atoms with van der Waals surface area (Å²) in [6.07, 6.45) is 4.13. The second kappa shape index (κ2) is 8.09. The molecule has 1 saturated heterocycles. The monoisotopic (exact) mass is 317 g/mol. The maximum Gasteiger partial charge on any atom is 0.224 e. The normalized spacial score (nSPS) is 15.4. The minimum absolute atomic E-state index is 0.0583. The predicted molar refractivity (Wildman–Crippen MR) is 89.9 cm³/mol. The molecule has 1 fully saturated rings. The van der Waals surface area contributed by atoms with Crippen LogP contribution >= 0.6 is 0 Å². The van der Waals surface area contributed by atoms with Crippen molar-refractivity contribution in [3.63, 3.8) is 0 Å². The van der Waals surface area contributed by atoms with E-state index in [2.05, 4.69) is 4.98 Å². The van der Waals surface area contributed by atoms with Crippen LogP contribution in [0, 0.1) is 13.8 Å². The van der Waals surface area contributed by atoms with E-state index in [1.807, 2.05) is 30.9 Å². The summed E-state index contributed by atoms with van der Waals surface area (Å²) in [5.74, 6) is 0.247. The fourth-order valence-electron chi connectivity index (χ4n) is 3.03. The van der Waals surface area contributed by atoms with Crippen LogP contribution in [0.1, 0.15) is 49.1 Å². The van der Waals surface area contributed by atoms with Gasteiger partial charge in [0.2, 0.25) is 11.8 Å². The number of carbonyl (C=O) groups excluding carboxylic acids is 2. The Kier molecular flexibility index (Phi) is 6.13. The fraction of sp³-hybridized carbons (Fsp3) is 0.611. The summed E-state index contributed by atoms with van der Waals surface area (Å²) >= 11 is 0. The van der Waals surface area contributed by atoms with Gasteiger partial charge in [-0.3, -0.25) is 14.6 Å². The lowest BCUT2D eigenvalue weighted by atomic mass is 10.2. The summed E-state index contributed by atoms with van der Waals surface area (Å²) < 4.78 is 0. The number of nitrogens with zero attached hydrogens (tertiary/aromatic N) is 3. The highest BCUT2D eigenvalue weighted by Gasteiger charge is 2.18. The Bertz CT molecular complexity index is 551. The highest BCUT2D eigenvalue weighted by molar-refractivity contribution is 5.79. The van der Waals surface area contributed by atoms with Crippen LogP contribution in [-0.4, -0.2) is 46.7 Å². The smallest absolute Gasteiger partial charge is 0.224 e. The first-order chi connectivity index (χ1) is 11.0. The Labute approximate surface area is 138 Å². The van der Waals surface area contributed by atoms with Gasteiger partial charge in [-0.15, -0.1) is 0 Å². The molecule has 5 nitrogen and oxygen atoms in total. The molecule has 2 amide bonds. The molecule has 1 aliphatic heterocycles. The van der Waals surface area contributed by atoms with Crippen molar-refractivity contribution in [2.24, 2.45) is 0 Å². The lowest BCUT2D eigenvalue weighted by molar-refractivity contribution is -0.133. The van der Waals surface area contributed by atoms with E-state index < -0.39 is 0 Å². The van der Waals surface area contributed by atoms with Gasteiger partial charge in [0.15, 0.2) is 0 Å². The Morgan fingerprint density at radius 3 is 2.78 bits per heavy atom. The van der Waals surface area contributed by atoms with Gasteiger partial charge in [0.1, 0.15) is 0 Å². The van der Waals surface area contributed by atoms with Crippen molar-refractivity contribution < 1.29 is 9.59 Å². The van der Waals surface area contributed by atoms with Crippen LogP contribution in [0.5, 0.6) is 0 Å². The number of carbonyl (C=O) groups is 2. The molecule has 0 bridgehead atoms. The molecule has 1 aliphatic rings. The van der Waals surface area contributed by atoms with Crippen molar-refractivity contribution in [2.45, 2.75) is 52.5 Å². The molecular formula is C18H27N3O2. The van der Waals surface area contributed by atoms with E-state index >= 15 is 0 Å². The summed E-state index contributed by atoms with van der Waals surface area (Å²) in [7, 11) is 1.80. The van der Waals surface area contributed by atoms with Crippen LogP contribution in [0.4, 0.5) is 0 Å². The number of hydrogen-bond acceptors (Lipinski definition) is 3. The van der Waals surface area contributed by atoms with Crippen molar-refractivity contribution in [1.82, 2.24) is 14.8 Å². The van der Waals surface area contributed by atoms with Gasteiger partial charge in [-0.1, -0.05) is 6.42 Å². The van der Waals surface area contributed by atoms with E-state index in [9.17, 15) is 9.59 Å². The maximum atomic E-state index is 12.3. The SMILES string of the molecule is Cc1cc(C)nc(CN(C)C(=O)CCN2CCCCCC2=O)c1. The largest absolute Gasteiger partial charge is 0.342 e. The molecule has 0 aromatic carbocycles.